The minimum Gasteiger partial charge on any atom is -0.329 e. The molecule has 2 aromatic rings. The van der Waals surface area contributed by atoms with Crippen LogP contribution in [0.4, 0.5) is 8.78 Å². The van der Waals surface area contributed by atoms with E-state index in [1.165, 1.54) is 36.4 Å². The van der Waals surface area contributed by atoms with Crippen molar-refractivity contribution < 1.29 is 18.2 Å². The second kappa shape index (κ2) is 7.48. The zero-order valence-electron chi connectivity index (χ0n) is 9.90. The van der Waals surface area contributed by atoms with Gasteiger partial charge in [-0.3, -0.25) is 4.57 Å². The molecule has 2 rings (SSSR count). The molecule has 8 heteroatoms. The number of halogens is 3. The molecule has 0 spiro atoms. The molecule has 0 radical (unpaired) electrons. The second-order valence-corrected chi connectivity index (χ2v) is 10.5. The predicted molar refractivity (Wildman–Crippen MR) is 81.6 cm³/mol. The predicted octanol–water partition coefficient (Wildman–Crippen LogP) is 5.37. The molecular formula is C12H10ClF2O2PS2. The van der Waals surface area contributed by atoms with Gasteiger partial charge in [-0.15, -0.1) is 12.4 Å². The Balaban J connectivity index is 0.00000200. The fraction of sp³-hybridized carbons (Fsp3) is 0. The molecule has 0 unspecified atom stereocenters. The van der Waals surface area contributed by atoms with Crippen molar-refractivity contribution in [1.82, 2.24) is 0 Å². The molecule has 0 aromatic heterocycles. The highest BCUT2D eigenvalue weighted by molar-refractivity contribution is 8.89. The molecule has 2 aromatic carbocycles. The van der Waals surface area contributed by atoms with Gasteiger partial charge in [0.1, 0.15) is 11.6 Å². The fourth-order valence-corrected chi connectivity index (χ4v) is 6.70. The molecule has 0 saturated carbocycles. The van der Waals surface area contributed by atoms with E-state index in [2.05, 4.69) is 0 Å². The van der Waals surface area contributed by atoms with Gasteiger partial charge in [0, 0.05) is 0 Å². The van der Waals surface area contributed by atoms with Crippen LogP contribution >= 0.6 is 40.9 Å². The molecule has 0 saturated heterocycles. The monoisotopic (exact) mass is 354 g/mol. The van der Waals surface area contributed by atoms with Crippen LogP contribution in [0.25, 0.3) is 0 Å². The van der Waals surface area contributed by atoms with E-state index in [1.807, 2.05) is 0 Å². The van der Waals surface area contributed by atoms with E-state index >= 15 is 0 Å². The quantitative estimate of drug-likeness (QED) is 0.749. The molecule has 0 aliphatic heterocycles. The first-order valence-corrected chi connectivity index (χ1v) is 9.69. The summed E-state index contributed by atoms with van der Waals surface area (Å²) in [6, 6.07) is 11.3. The SMILES string of the molecule is Cl.O=P(O)(Sc1ccccc1F)Sc1ccccc1F. The van der Waals surface area contributed by atoms with Crippen LogP contribution in [0, 0.1) is 11.6 Å². The lowest BCUT2D eigenvalue weighted by molar-refractivity contribution is 0.513. The van der Waals surface area contributed by atoms with Crippen LogP contribution in [-0.4, -0.2) is 4.89 Å². The van der Waals surface area contributed by atoms with Crippen molar-refractivity contribution in [1.29, 1.82) is 0 Å². The number of benzene rings is 2. The van der Waals surface area contributed by atoms with E-state index in [0.717, 1.165) is 0 Å². The Kier molecular flexibility index (Phi) is 6.55. The average Bonchev–Trinajstić information content (AvgIpc) is 2.35. The van der Waals surface area contributed by atoms with Gasteiger partial charge in [0.05, 0.1) is 9.79 Å². The molecule has 20 heavy (non-hydrogen) atoms. The lowest BCUT2D eigenvalue weighted by Crippen LogP contribution is -1.81. The Labute approximate surface area is 129 Å². The molecular weight excluding hydrogens is 345 g/mol. The Morgan fingerprint density at radius 1 is 0.850 bits per heavy atom. The van der Waals surface area contributed by atoms with Crippen LogP contribution in [0.2, 0.25) is 0 Å². The highest BCUT2D eigenvalue weighted by Gasteiger charge is 2.25. The molecule has 0 amide bonds. The Morgan fingerprint density at radius 2 is 1.20 bits per heavy atom. The fourth-order valence-electron chi connectivity index (χ4n) is 1.30. The normalized spacial score (nSPS) is 10.9. The third-order valence-electron chi connectivity index (χ3n) is 2.10. The van der Waals surface area contributed by atoms with Gasteiger partial charge in [0.2, 0.25) is 0 Å². The minimum absolute atomic E-state index is 0. The topological polar surface area (TPSA) is 37.3 Å². The molecule has 2 nitrogen and oxygen atoms in total. The van der Waals surface area contributed by atoms with Gasteiger partial charge in [-0.1, -0.05) is 24.3 Å². The first-order valence-electron chi connectivity index (χ1n) is 5.19. The largest absolute Gasteiger partial charge is 0.329 e. The summed E-state index contributed by atoms with van der Waals surface area (Å²) in [4.78, 5) is 9.95. The number of hydrogen-bond acceptors (Lipinski definition) is 3. The van der Waals surface area contributed by atoms with E-state index in [1.54, 1.807) is 12.1 Å². The van der Waals surface area contributed by atoms with Crippen LogP contribution in [0.3, 0.4) is 0 Å². The third-order valence-corrected chi connectivity index (χ3v) is 7.52. The molecule has 0 aliphatic carbocycles. The maximum Gasteiger partial charge on any atom is 0.320 e. The van der Waals surface area contributed by atoms with Crippen molar-refractivity contribution in [3.8, 4) is 0 Å². The second-order valence-electron chi connectivity index (χ2n) is 3.51. The van der Waals surface area contributed by atoms with Gasteiger partial charge in [-0.25, -0.2) is 8.78 Å². The Hall–Kier alpha value is -0.520. The summed E-state index contributed by atoms with van der Waals surface area (Å²) >= 11 is 1.02. The van der Waals surface area contributed by atoms with E-state index in [0.29, 0.717) is 22.8 Å². The number of hydrogen-bond donors (Lipinski definition) is 1. The van der Waals surface area contributed by atoms with Gasteiger partial charge in [-0.2, -0.15) is 0 Å². The van der Waals surface area contributed by atoms with Crippen LogP contribution in [0.5, 0.6) is 0 Å². The van der Waals surface area contributed by atoms with Gasteiger partial charge in [-0.05, 0) is 47.0 Å². The molecule has 0 aliphatic rings. The van der Waals surface area contributed by atoms with Crippen molar-refractivity contribution in [2.24, 2.45) is 0 Å². The van der Waals surface area contributed by atoms with Crippen LogP contribution in [-0.2, 0) is 4.57 Å². The van der Waals surface area contributed by atoms with Crippen LogP contribution in [0.15, 0.2) is 58.3 Å². The Morgan fingerprint density at radius 3 is 1.55 bits per heavy atom. The standard InChI is InChI=1S/C12H9F2O2PS2.ClH/c13-9-5-1-3-7-11(9)18-17(15,16)19-12-8-4-2-6-10(12)14;/h1-8H,(H,15,16);1H. The molecule has 0 atom stereocenters. The van der Waals surface area contributed by atoms with E-state index in [-0.39, 0.29) is 22.2 Å². The van der Waals surface area contributed by atoms with Crippen LogP contribution in [0.1, 0.15) is 0 Å². The zero-order chi connectivity index (χ0) is 13.9. The Bertz CT molecular complexity index is 591. The summed E-state index contributed by atoms with van der Waals surface area (Å²) in [5.74, 6) is -4.98. The highest BCUT2D eigenvalue weighted by Crippen LogP contribution is 2.70. The molecule has 0 bridgehead atoms. The smallest absolute Gasteiger partial charge is 0.320 e. The lowest BCUT2D eigenvalue weighted by Gasteiger charge is -2.10. The van der Waals surface area contributed by atoms with Crippen LogP contribution < -0.4 is 0 Å². The third kappa shape index (κ3) is 4.79. The summed E-state index contributed by atoms with van der Waals surface area (Å²) in [5, 5.41) is 0. The summed E-state index contributed by atoms with van der Waals surface area (Å²) in [6.07, 6.45) is 0. The van der Waals surface area contributed by atoms with Gasteiger partial charge in [0.15, 0.2) is 0 Å². The first-order chi connectivity index (χ1) is 8.98. The van der Waals surface area contributed by atoms with Gasteiger partial charge < -0.3 is 4.89 Å². The minimum atomic E-state index is -3.84. The average molecular weight is 355 g/mol. The number of rotatable bonds is 4. The van der Waals surface area contributed by atoms with Crippen molar-refractivity contribution in [2.45, 2.75) is 9.79 Å². The lowest BCUT2D eigenvalue weighted by atomic mass is 10.4. The van der Waals surface area contributed by atoms with Gasteiger partial charge >= 0.3 is 5.77 Å². The van der Waals surface area contributed by atoms with Crippen molar-refractivity contribution >= 4 is 40.9 Å². The summed E-state index contributed by atoms with van der Waals surface area (Å²) < 4.78 is 38.8. The highest BCUT2D eigenvalue weighted by atomic mass is 35.5. The molecule has 108 valence electrons. The summed E-state index contributed by atoms with van der Waals surface area (Å²) in [7, 11) is 0. The van der Waals surface area contributed by atoms with Gasteiger partial charge in [0.25, 0.3) is 0 Å². The maximum absolute atomic E-state index is 13.4. The van der Waals surface area contributed by atoms with Crippen molar-refractivity contribution in [2.75, 3.05) is 0 Å². The summed E-state index contributed by atoms with van der Waals surface area (Å²) in [6.45, 7) is 0. The molecule has 0 fully saturated rings. The van der Waals surface area contributed by atoms with E-state index in [9.17, 15) is 18.2 Å². The summed E-state index contributed by atoms with van der Waals surface area (Å²) in [5.41, 5.74) is 0. The zero-order valence-corrected chi connectivity index (χ0v) is 13.2. The van der Waals surface area contributed by atoms with E-state index in [4.69, 9.17) is 0 Å². The molecule has 1 N–H and O–H groups in total. The van der Waals surface area contributed by atoms with Crippen molar-refractivity contribution in [3.05, 3.63) is 60.2 Å². The van der Waals surface area contributed by atoms with Crippen molar-refractivity contribution in [3.63, 3.8) is 0 Å². The molecule has 0 heterocycles. The first kappa shape index (κ1) is 17.5. The van der Waals surface area contributed by atoms with E-state index < -0.39 is 17.4 Å². The maximum atomic E-state index is 13.4.